The summed E-state index contributed by atoms with van der Waals surface area (Å²) in [4.78, 5) is 22.8. The predicted molar refractivity (Wildman–Crippen MR) is 62.6 cm³/mol. The van der Waals surface area contributed by atoms with Gasteiger partial charge < -0.3 is 15.2 Å². The molecular formula is C12H21NO4. The smallest absolute Gasteiger partial charge is 0.326 e. The maximum absolute atomic E-state index is 11.8. The molecule has 0 aromatic carbocycles. The number of amides is 1. The maximum atomic E-state index is 11.8. The van der Waals surface area contributed by atoms with Crippen LogP contribution in [0.1, 0.15) is 40.0 Å². The number of hydrogen-bond donors (Lipinski definition) is 2. The largest absolute Gasteiger partial charge is 0.480 e. The van der Waals surface area contributed by atoms with Crippen LogP contribution in [0.4, 0.5) is 0 Å². The number of ether oxygens (including phenoxy) is 1. The number of rotatable bonds is 5. The van der Waals surface area contributed by atoms with Gasteiger partial charge in [-0.15, -0.1) is 0 Å². The van der Waals surface area contributed by atoms with Gasteiger partial charge in [0.25, 0.3) is 0 Å². The van der Waals surface area contributed by atoms with Gasteiger partial charge >= 0.3 is 5.97 Å². The second kappa shape index (κ2) is 6.00. The molecule has 2 N–H and O–H groups in total. The van der Waals surface area contributed by atoms with E-state index in [1.807, 2.05) is 6.92 Å². The molecule has 1 fully saturated rings. The average molecular weight is 243 g/mol. The summed E-state index contributed by atoms with van der Waals surface area (Å²) in [6, 6.07) is -0.841. The summed E-state index contributed by atoms with van der Waals surface area (Å²) in [6.45, 7) is 5.55. The molecule has 0 bridgehead atoms. The summed E-state index contributed by atoms with van der Waals surface area (Å²) in [5, 5.41) is 11.5. The first-order valence-electron chi connectivity index (χ1n) is 6.14. The maximum Gasteiger partial charge on any atom is 0.326 e. The lowest BCUT2D eigenvalue weighted by Gasteiger charge is -2.20. The van der Waals surface area contributed by atoms with E-state index in [1.54, 1.807) is 13.8 Å². The van der Waals surface area contributed by atoms with Crippen molar-refractivity contribution in [3.05, 3.63) is 0 Å². The molecule has 17 heavy (non-hydrogen) atoms. The quantitative estimate of drug-likeness (QED) is 0.760. The van der Waals surface area contributed by atoms with Crippen LogP contribution >= 0.6 is 0 Å². The number of nitrogens with one attached hydrogen (secondary N) is 1. The van der Waals surface area contributed by atoms with Gasteiger partial charge in [0, 0.05) is 0 Å². The first-order valence-corrected chi connectivity index (χ1v) is 6.14. The van der Waals surface area contributed by atoms with Gasteiger partial charge in [0.1, 0.15) is 12.1 Å². The Kier molecular flexibility index (Phi) is 4.93. The van der Waals surface area contributed by atoms with Crippen LogP contribution < -0.4 is 5.32 Å². The zero-order valence-electron chi connectivity index (χ0n) is 10.6. The molecule has 1 amide bonds. The summed E-state index contributed by atoms with van der Waals surface area (Å²) in [6.07, 6.45) is 2.08. The number of carboxylic acid groups (broad SMARTS) is 1. The Morgan fingerprint density at radius 1 is 1.41 bits per heavy atom. The van der Waals surface area contributed by atoms with Crippen molar-refractivity contribution in [2.75, 3.05) is 0 Å². The molecular weight excluding hydrogens is 222 g/mol. The van der Waals surface area contributed by atoms with Gasteiger partial charge in [0.15, 0.2) is 0 Å². The second-order valence-corrected chi connectivity index (χ2v) is 4.80. The second-order valence-electron chi connectivity index (χ2n) is 4.80. The summed E-state index contributed by atoms with van der Waals surface area (Å²) in [7, 11) is 0. The molecule has 0 radical (unpaired) electrons. The normalized spacial score (nSPS) is 25.9. The molecule has 0 spiro atoms. The summed E-state index contributed by atoms with van der Waals surface area (Å²) >= 11 is 0. The van der Waals surface area contributed by atoms with Gasteiger partial charge in [-0.2, -0.15) is 0 Å². The lowest BCUT2D eigenvalue weighted by atomic mass is 10.0. The summed E-state index contributed by atoms with van der Waals surface area (Å²) in [5.74, 6) is -1.44. The number of hydrogen-bond acceptors (Lipinski definition) is 3. The number of aliphatic carboxylic acids is 1. The zero-order chi connectivity index (χ0) is 13.0. The van der Waals surface area contributed by atoms with Crippen LogP contribution in [0.2, 0.25) is 0 Å². The molecule has 0 aromatic heterocycles. The SMILES string of the molecule is CCC1CCC(C(=O)N[C@@H](C(=O)O)C(C)C)O1. The Morgan fingerprint density at radius 2 is 2.06 bits per heavy atom. The minimum Gasteiger partial charge on any atom is -0.480 e. The summed E-state index contributed by atoms with van der Waals surface area (Å²) in [5.41, 5.74) is 0. The minimum atomic E-state index is -1.00. The Bertz CT molecular complexity index is 290. The van der Waals surface area contributed by atoms with Crippen molar-refractivity contribution in [2.24, 2.45) is 5.92 Å². The highest BCUT2D eigenvalue weighted by Gasteiger charge is 2.32. The van der Waals surface area contributed by atoms with E-state index in [1.165, 1.54) is 0 Å². The molecule has 0 aliphatic carbocycles. The van der Waals surface area contributed by atoms with Crippen LogP contribution in [0.3, 0.4) is 0 Å². The topological polar surface area (TPSA) is 75.6 Å². The van der Waals surface area contributed by atoms with Gasteiger partial charge in [-0.25, -0.2) is 4.79 Å². The third kappa shape index (κ3) is 3.70. The highest BCUT2D eigenvalue weighted by atomic mass is 16.5. The highest BCUT2D eigenvalue weighted by Crippen LogP contribution is 2.22. The molecule has 5 heteroatoms. The predicted octanol–water partition coefficient (Wildman–Crippen LogP) is 1.17. The van der Waals surface area contributed by atoms with Crippen molar-refractivity contribution in [1.82, 2.24) is 5.32 Å². The fourth-order valence-electron chi connectivity index (χ4n) is 1.96. The molecule has 1 heterocycles. The van der Waals surface area contributed by atoms with Gasteiger partial charge in [0.05, 0.1) is 6.10 Å². The van der Waals surface area contributed by atoms with Gasteiger partial charge in [-0.3, -0.25) is 4.79 Å². The fraction of sp³-hybridized carbons (Fsp3) is 0.833. The monoisotopic (exact) mass is 243 g/mol. The Balaban J connectivity index is 2.51. The molecule has 98 valence electrons. The van der Waals surface area contributed by atoms with Crippen molar-refractivity contribution in [3.8, 4) is 0 Å². The van der Waals surface area contributed by atoms with Crippen LogP contribution in [0.5, 0.6) is 0 Å². The van der Waals surface area contributed by atoms with E-state index >= 15 is 0 Å². The van der Waals surface area contributed by atoms with E-state index in [9.17, 15) is 9.59 Å². The Labute approximate surface area is 102 Å². The molecule has 5 nitrogen and oxygen atoms in total. The van der Waals surface area contributed by atoms with Crippen molar-refractivity contribution in [3.63, 3.8) is 0 Å². The molecule has 1 rings (SSSR count). The van der Waals surface area contributed by atoms with Crippen LogP contribution in [0, 0.1) is 5.92 Å². The average Bonchev–Trinajstić information content (AvgIpc) is 2.73. The fourth-order valence-corrected chi connectivity index (χ4v) is 1.96. The molecule has 2 unspecified atom stereocenters. The molecule has 1 aliphatic rings. The first kappa shape index (κ1) is 14.0. The van der Waals surface area contributed by atoms with E-state index in [0.717, 1.165) is 12.8 Å². The molecule has 3 atom stereocenters. The number of carboxylic acids is 1. The zero-order valence-corrected chi connectivity index (χ0v) is 10.6. The molecule has 1 saturated heterocycles. The third-order valence-electron chi connectivity index (χ3n) is 3.09. The van der Waals surface area contributed by atoms with Crippen LogP contribution in [-0.4, -0.2) is 35.2 Å². The van der Waals surface area contributed by atoms with E-state index in [-0.39, 0.29) is 17.9 Å². The molecule has 1 aliphatic heterocycles. The van der Waals surface area contributed by atoms with Crippen molar-refractivity contribution < 1.29 is 19.4 Å². The van der Waals surface area contributed by atoms with E-state index < -0.39 is 18.1 Å². The van der Waals surface area contributed by atoms with E-state index in [2.05, 4.69) is 5.32 Å². The van der Waals surface area contributed by atoms with E-state index in [4.69, 9.17) is 9.84 Å². The van der Waals surface area contributed by atoms with Crippen LogP contribution in [0.15, 0.2) is 0 Å². The Morgan fingerprint density at radius 3 is 2.47 bits per heavy atom. The molecule has 0 saturated carbocycles. The standard InChI is InChI=1S/C12H21NO4/c1-4-8-5-6-9(17-8)11(14)13-10(7(2)3)12(15)16/h7-10H,4-6H2,1-3H3,(H,13,14)(H,15,16)/t8?,9?,10-/m1/s1. The highest BCUT2D eigenvalue weighted by molar-refractivity contribution is 5.86. The van der Waals surface area contributed by atoms with E-state index in [0.29, 0.717) is 6.42 Å². The van der Waals surface area contributed by atoms with Gasteiger partial charge in [0.2, 0.25) is 5.91 Å². The summed E-state index contributed by atoms with van der Waals surface area (Å²) < 4.78 is 5.53. The lowest BCUT2D eigenvalue weighted by molar-refractivity contribution is -0.145. The third-order valence-corrected chi connectivity index (χ3v) is 3.09. The van der Waals surface area contributed by atoms with Crippen LogP contribution in [0.25, 0.3) is 0 Å². The Hall–Kier alpha value is -1.10. The lowest BCUT2D eigenvalue weighted by Crippen LogP contribution is -2.48. The number of carbonyl (C=O) groups excluding carboxylic acids is 1. The van der Waals surface area contributed by atoms with Crippen molar-refractivity contribution in [1.29, 1.82) is 0 Å². The van der Waals surface area contributed by atoms with Crippen LogP contribution in [-0.2, 0) is 14.3 Å². The number of carbonyl (C=O) groups is 2. The van der Waals surface area contributed by atoms with Crippen molar-refractivity contribution in [2.45, 2.75) is 58.3 Å². The first-order chi connectivity index (χ1) is 7.95. The van der Waals surface area contributed by atoms with Crippen molar-refractivity contribution >= 4 is 11.9 Å². The van der Waals surface area contributed by atoms with Gasteiger partial charge in [-0.05, 0) is 25.2 Å². The minimum absolute atomic E-state index is 0.132. The molecule has 0 aromatic rings. The van der Waals surface area contributed by atoms with Gasteiger partial charge in [-0.1, -0.05) is 20.8 Å².